The molecule has 1 aromatic carbocycles. The SMILES string of the molecule is COc1ccc2c3c([nH]c2c1C)C(=O)CCC3. The molecule has 0 fully saturated rings. The molecule has 0 unspecified atom stereocenters. The zero-order chi connectivity index (χ0) is 12.0. The molecule has 2 aromatic rings. The summed E-state index contributed by atoms with van der Waals surface area (Å²) in [4.78, 5) is 15.1. The van der Waals surface area contributed by atoms with Gasteiger partial charge in [0.1, 0.15) is 5.75 Å². The van der Waals surface area contributed by atoms with E-state index >= 15 is 0 Å². The van der Waals surface area contributed by atoms with Crippen LogP contribution in [-0.2, 0) is 6.42 Å². The second-order valence-corrected chi connectivity index (χ2v) is 4.57. The molecule has 0 atom stereocenters. The summed E-state index contributed by atoms with van der Waals surface area (Å²) in [5.41, 5.74) is 4.11. The van der Waals surface area contributed by atoms with Crippen molar-refractivity contribution in [2.24, 2.45) is 0 Å². The van der Waals surface area contributed by atoms with Crippen molar-refractivity contribution in [3.8, 4) is 5.75 Å². The Kier molecular flexibility index (Phi) is 2.21. The molecule has 17 heavy (non-hydrogen) atoms. The van der Waals surface area contributed by atoms with E-state index in [9.17, 15) is 4.79 Å². The number of H-pyrrole nitrogens is 1. The fourth-order valence-electron chi connectivity index (χ4n) is 2.71. The molecule has 3 nitrogen and oxygen atoms in total. The van der Waals surface area contributed by atoms with Crippen molar-refractivity contribution in [3.63, 3.8) is 0 Å². The summed E-state index contributed by atoms with van der Waals surface area (Å²) >= 11 is 0. The molecule has 0 aliphatic heterocycles. The highest BCUT2D eigenvalue weighted by atomic mass is 16.5. The van der Waals surface area contributed by atoms with Crippen LogP contribution >= 0.6 is 0 Å². The summed E-state index contributed by atoms with van der Waals surface area (Å²) < 4.78 is 5.31. The van der Waals surface area contributed by atoms with E-state index < -0.39 is 0 Å². The number of methoxy groups -OCH3 is 1. The van der Waals surface area contributed by atoms with Gasteiger partial charge in [0.05, 0.1) is 18.3 Å². The number of nitrogens with one attached hydrogen (secondary N) is 1. The van der Waals surface area contributed by atoms with Crippen molar-refractivity contribution in [1.29, 1.82) is 0 Å². The van der Waals surface area contributed by atoms with Gasteiger partial charge in [-0.2, -0.15) is 0 Å². The fourth-order valence-corrected chi connectivity index (χ4v) is 2.71. The van der Waals surface area contributed by atoms with Crippen LogP contribution in [0.2, 0.25) is 0 Å². The third kappa shape index (κ3) is 1.38. The zero-order valence-electron chi connectivity index (χ0n) is 10.1. The number of carbonyl (C=O) groups excluding carboxylic acids is 1. The van der Waals surface area contributed by atoms with E-state index in [-0.39, 0.29) is 5.78 Å². The number of aromatic amines is 1. The molecular weight excluding hydrogens is 214 g/mol. The predicted molar refractivity (Wildman–Crippen MR) is 66.9 cm³/mol. The number of aromatic nitrogens is 1. The molecule has 1 aromatic heterocycles. The first-order valence-electron chi connectivity index (χ1n) is 5.93. The highest BCUT2D eigenvalue weighted by Gasteiger charge is 2.22. The van der Waals surface area contributed by atoms with Gasteiger partial charge in [0.25, 0.3) is 0 Å². The van der Waals surface area contributed by atoms with Gasteiger partial charge in [-0.15, -0.1) is 0 Å². The molecule has 0 radical (unpaired) electrons. The lowest BCUT2D eigenvalue weighted by Gasteiger charge is -2.09. The Morgan fingerprint density at radius 3 is 2.88 bits per heavy atom. The maximum Gasteiger partial charge on any atom is 0.179 e. The maximum absolute atomic E-state index is 11.9. The van der Waals surface area contributed by atoms with E-state index in [1.807, 2.05) is 13.0 Å². The molecule has 0 saturated carbocycles. The standard InChI is InChI=1S/C14H15NO2/c1-8-12(17-2)7-6-10-9-4-3-5-11(16)14(9)15-13(8)10/h6-7,15H,3-5H2,1-2H3. The largest absolute Gasteiger partial charge is 0.496 e. The van der Waals surface area contributed by atoms with Gasteiger partial charge in [-0.1, -0.05) is 0 Å². The lowest BCUT2D eigenvalue weighted by atomic mass is 9.94. The number of hydrogen-bond donors (Lipinski definition) is 1. The number of Topliss-reactive ketones (excluding diaryl/α,β-unsaturated/α-hetero) is 1. The number of carbonyl (C=O) groups is 1. The zero-order valence-corrected chi connectivity index (χ0v) is 10.1. The summed E-state index contributed by atoms with van der Waals surface area (Å²) in [6.07, 6.45) is 2.62. The molecule has 1 heterocycles. The normalized spacial score (nSPS) is 15.1. The molecule has 1 aliphatic rings. The Labute approximate surface area is 99.8 Å². The van der Waals surface area contributed by atoms with Crippen LogP contribution in [-0.4, -0.2) is 17.9 Å². The van der Waals surface area contributed by atoms with Crippen LogP contribution in [0.15, 0.2) is 12.1 Å². The summed E-state index contributed by atoms with van der Waals surface area (Å²) in [5.74, 6) is 1.10. The quantitative estimate of drug-likeness (QED) is 0.816. The van der Waals surface area contributed by atoms with Crippen LogP contribution in [0.25, 0.3) is 10.9 Å². The Hall–Kier alpha value is -1.77. The Balaban J connectivity index is 2.34. The first-order chi connectivity index (χ1) is 8.22. The Morgan fingerprint density at radius 1 is 1.29 bits per heavy atom. The Morgan fingerprint density at radius 2 is 2.12 bits per heavy atom. The van der Waals surface area contributed by atoms with Gasteiger partial charge in [-0.25, -0.2) is 0 Å². The van der Waals surface area contributed by atoms with Gasteiger partial charge in [0.15, 0.2) is 5.78 Å². The van der Waals surface area contributed by atoms with Crippen LogP contribution in [0.4, 0.5) is 0 Å². The van der Waals surface area contributed by atoms with Crippen LogP contribution in [0, 0.1) is 6.92 Å². The van der Waals surface area contributed by atoms with Crippen LogP contribution in [0.1, 0.15) is 34.5 Å². The maximum atomic E-state index is 11.9. The molecule has 3 rings (SSSR count). The lowest BCUT2D eigenvalue weighted by molar-refractivity contribution is 0.0968. The number of ketones is 1. The number of aryl methyl sites for hydroxylation is 2. The number of benzene rings is 1. The first-order valence-corrected chi connectivity index (χ1v) is 5.93. The molecular formula is C14H15NO2. The second kappa shape index (κ2) is 3.62. The van der Waals surface area contributed by atoms with Gasteiger partial charge in [0.2, 0.25) is 0 Å². The summed E-state index contributed by atoms with van der Waals surface area (Å²) in [6, 6.07) is 4.03. The topological polar surface area (TPSA) is 42.1 Å². The average molecular weight is 229 g/mol. The number of hydrogen-bond acceptors (Lipinski definition) is 2. The summed E-state index contributed by atoms with van der Waals surface area (Å²) in [7, 11) is 1.67. The third-order valence-corrected chi connectivity index (χ3v) is 3.62. The van der Waals surface area contributed by atoms with Crippen molar-refractivity contribution < 1.29 is 9.53 Å². The van der Waals surface area contributed by atoms with Gasteiger partial charge in [-0.05, 0) is 37.5 Å². The average Bonchev–Trinajstić information content (AvgIpc) is 2.71. The summed E-state index contributed by atoms with van der Waals surface area (Å²) in [5, 5.41) is 1.17. The molecule has 0 bridgehead atoms. The lowest BCUT2D eigenvalue weighted by Crippen LogP contribution is -2.09. The fraction of sp³-hybridized carbons (Fsp3) is 0.357. The smallest absolute Gasteiger partial charge is 0.179 e. The second-order valence-electron chi connectivity index (χ2n) is 4.57. The van der Waals surface area contributed by atoms with E-state index in [2.05, 4.69) is 11.1 Å². The third-order valence-electron chi connectivity index (χ3n) is 3.62. The summed E-state index contributed by atoms with van der Waals surface area (Å²) in [6.45, 7) is 2.02. The first kappa shape index (κ1) is 10.4. The molecule has 0 amide bonds. The van der Waals surface area contributed by atoms with Crippen LogP contribution < -0.4 is 4.74 Å². The van der Waals surface area contributed by atoms with Crippen molar-refractivity contribution in [3.05, 3.63) is 29.0 Å². The predicted octanol–water partition coefficient (Wildman–Crippen LogP) is 3.00. The van der Waals surface area contributed by atoms with E-state index in [1.54, 1.807) is 7.11 Å². The molecule has 1 aliphatic carbocycles. The van der Waals surface area contributed by atoms with E-state index in [0.717, 1.165) is 35.4 Å². The van der Waals surface area contributed by atoms with E-state index in [1.165, 1.54) is 10.9 Å². The van der Waals surface area contributed by atoms with Crippen LogP contribution in [0.5, 0.6) is 5.75 Å². The highest BCUT2D eigenvalue weighted by molar-refractivity contribution is 6.04. The minimum Gasteiger partial charge on any atom is -0.496 e. The van der Waals surface area contributed by atoms with Crippen LogP contribution in [0.3, 0.4) is 0 Å². The van der Waals surface area contributed by atoms with E-state index in [4.69, 9.17) is 4.74 Å². The number of rotatable bonds is 1. The van der Waals surface area contributed by atoms with Crippen molar-refractivity contribution in [2.45, 2.75) is 26.2 Å². The number of fused-ring (bicyclic) bond motifs is 3. The minimum absolute atomic E-state index is 0.237. The van der Waals surface area contributed by atoms with Gasteiger partial charge in [-0.3, -0.25) is 4.79 Å². The van der Waals surface area contributed by atoms with E-state index in [0.29, 0.717) is 6.42 Å². The molecule has 1 N–H and O–H groups in total. The number of ether oxygens (including phenoxy) is 1. The van der Waals surface area contributed by atoms with Gasteiger partial charge < -0.3 is 9.72 Å². The van der Waals surface area contributed by atoms with Gasteiger partial charge >= 0.3 is 0 Å². The van der Waals surface area contributed by atoms with Crippen molar-refractivity contribution >= 4 is 16.7 Å². The van der Waals surface area contributed by atoms with Crippen molar-refractivity contribution in [2.75, 3.05) is 7.11 Å². The molecule has 0 saturated heterocycles. The molecule has 3 heteroatoms. The van der Waals surface area contributed by atoms with Gasteiger partial charge in [0, 0.05) is 17.4 Å². The molecule has 0 spiro atoms. The molecule has 88 valence electrons. The van der Waals surface area contributed by atoms with Crippen molar-refractivity contribution in [1.82, 2.24) is 4.98 Å². The monoisotopic (exact) mass is 229 g/mol. The Bertz CT molecular complexity index is 610. The highest BCUT2D eigenvalue weighted by Crippen LogP contribution is 2.33. The minimum atomic E-state index is 0.237.